The van der Waals surface area contributed by atoms with Crippen LogP contribution in [-0.2, 0) is 26.2 Å². The van der Waals surface area contributed by atoms with Crippen molar-refractivity contribution in [3.05, 3.63) is 35.4 Å². The van der Waals surface area contributed by atoms with E-state index >= 15 is 0 Å². The van der Waals surface area contributed by atoms with Gasteiger partial charge in [-0.2, -0.15) is 0 Å². The Kier molecular flexibility index (Phi) is 10.1. The summed E-state index contributed by atoms with van der Waals surface area (Å²) in [5.41, 5.74) is 3.76. The van der Waals surface area contributed by atoms with Gasteiger partial charge in [0.2, 0.25) is 0 Å². The van der Waals surface area contributed by atoms with Crippen LogP contribution in [0.2, 0.25) is 6.04 Å². The molecule has 6 heteroatoms. The smallest absolute Gasteiger partial charge is 0.377 e. The van der Waals surface area contributed by atoms with Crippen molar-refractivity contribution in [1.82, 2.24) is 5.32 Å². The van der Waals surface area contributed by atoms with Gasteiger partial charge >= 0.3 is 8.80 Å². The fraction of sp³-hybridized carbons (Fsp3) is 0.611. The number of hydrogen-bond acceptors (Lipinski definition) is 5. The van der Waals surface area contributed by atoms with E-state index in [1.54, 1.807) is 21.3 Å². The second-order valence-electron chi connectivity index (χ2n) is 5.76. The van der Waals surface area contributed by atoms with E-state index in [9.17, 15) is 0 Å². The lowest BCUT2D eigenvalue weighted by Gasteiger charge is -2.24. The van der Waals surface area contributed by atoms with Crippen LogP contribution in [0.15, 0.2) is 29.3 Å². The van der Waals surface area contributed by atoms with Crippen LogP contribution in [0.25, 0.3) is 0 Å². The van der Waals surface area contributed by atoms with Crippen LogP contribution >= 0.6 is 0 Å². The minimum atomic E-state index is -2.48. The molecule has 0 bridgehead atoms. The van der Waals surface area contributed by atoms with E-state index in [4.69, 9.17) is 13.3 Å². The van der Waals surface area contributed by atoms with Crippen molar-refractivity contribution in [2.45, 2.75) is 39.3 Å². The zero-order chi connectivity index (χ0) is 17.8. The van der Waals surface area contributed by atoms with Crippen molar-refractivity contribution in [2.24, 2.45) is 4.99 Å². The highest BCUT2D eigenvalue weighted by Crippen LogP contribution is 2.17. The second kappa shape index (κ2) is 11.5. The Morgan fingerprint density at radius 3 is 2.17 bits per heavy atom. The molecule has 0 saturated heterocycles. The van der Waals surface area contributed by atoms with Crippen molar-refractivity contribution in [1.29, 1.82) is 0 Å². The first-order valence-corrected chi connectivity index (χ1v) is 10.5. The monoisotopic (exact) mass is 352 g/mol. The van der Waals surface area contributed by atoms with Crippen molar-refractivity contribution in [3.63, 3.8) is 0 Å². The topological polar surface area (TPSA) is 52.1 Å². The van der Waals surface area contributed by atoms with Gasteiger partial charge in [-0.05, 0) is 30.9 Å². The van der Waals surface area contributed by atoms with E-state index in [0.717, 1.165) is 38.5 Å². The maximum Gasteiger partial charge on any atom is 0.500 e. The molecule has 0 unspecified atom stereocenters. The normalized spacial score (nSPS) is 12.6. The fourth-order valence-electron chi connectivity index (χ4n) is 2.35. The molecular formula is C18H32N2O3Si. The third kappa shape index (κ3) is 7.23. The summed E-state index contributed by atoms with van der Waals surface area (Å²) in [6, 6.07) is 9.44. The van der Waals surface area contributed by atoms with Crippen molar-refractivity contribution in [3.8, 4) is 0 Å². The van der Waals surface area contributed by atoms with Gasteiger partial charge in [-0.25, -0.2) is 0 Å². The molecule has 0 amide bonds. The largest absolute Gasteiger partial charge is 0.500 e. The minimum absolute atomic E-state index is 0.781. The summed E-state index contributed by atoms with van der Waals surface area (Å²) in [4.78, 5) is 4.48. The molecule has 1 rings (SSSR count). The third-order valence-electron chi connectivity index (χ3n) is 4.19. The molecule has 5 nitrogen and oxygen atoms in total. The lowest BCUT2D eigenvalue weighted by Crippen LogP contribution is -2.43. The molecular weight excluding hydrogens is 320 g/mol. The molecule has 0 aliphatic carbocycles. The van der Waals surface area contributed by atoms with Crippen LogP contribution in [0, 0.1) is 0 Å². The summed E-state index contributed by atoms with van der Waals surface area (Å²) in [6.45, 7) is 6.82. The van der Waals surface area contributed by atoms with Gasteiger partial charge in [0.15, 0.2) is 0 Å². The van der Waals surface area contributed by atoms with Crippen LogP contribution in [0.5, 0.6) is 0 Å². The fourth-order valence-corrected chi connectivity index (χ4v) is 4.05. The maximum absolute atomic E-state index is 5.46. The molecule has 0 aliphatic heterocycles. The molecule has 0 spiro atoms. The molecule has 0 saturated carbocycles. The molecule has 1 aromatic rings. The lowest BCUT2D eigenvalue weighted by molar-refractivity contribution is 0.123. The van der Waals surface area contributed by atoms with Gasteiger partial charge in [0, 0.05) is 46.2 Å². The molecule has 1 N–H and O–H groups in total. The number of rotatable bonds is 12. The zero-order valence-corrected chi connectivity index (χ0v) is 16.7. The molecule has 0 radical (unpaired) electrons. The quantitative estimate of drug-likeness (QED) is 0.357. The Hall–Kier alpha value is -1.05. The molecule has 0 atom stereocenters. The van der Waals surface area contributed by atoms with Crippen LogP contribution in [0.3, 0.4) is 0 Å². The van der Waals surface area contributed by atoms with Gasteiger partial charge in [-0.1, -0.05) is 31.2 Å². The number of nitrogens with one attached hydrogen (secondary N) is 1. The van der Waals surface area contributed by atoms with E-state index in [1.807, 2.05) is 0 Å². The average Bonchev–Trinajstić information content (AvgIpc) is 2.64. The SMILES string of the molecule is CCC(C)=NCCNCc1ccc(CC[Si](OC)(OC)OC)cc1. The van der Waals surface area contributed by atoms with Crippen LogP contribution in [-0.4, -0.2) is 48.9 Å². The first kappa shape index (κ1) is 21.0. The van der Waals surface area contributed by atoms with Crippen molar-refractivity contribution in [2.75, 3.05) is 34.4 Å². The van der Waals surface area contributed by atoms with Gasteiger partial charge in [-0.15, -0.1) is 0 Å². The number of nitrogens with zero attached hydrogens (tertiary/aromatic N) is 1. The Balaban J connectivity index is 2.38. The van der Waals surface area contributed by atoms with Gasteiger partial charge in [0.05, 0.1) is 6.54 Å². The third-order valence-corrected chi connectivity index (χ3v) is 6.92. The summed E-state index contributed by atoms with van der Waals surface area (Å²) in [5, 5.41) is 3.42. The molecule has 136 valence electrons. The first-order valence-electron chi connectivity index (χ1n) is 8.53. The molecule has 1 aromatic carbocycles. The molecule has 0 fully saturated rings. The number of benzene rings is 1. The summed E-state index contributed by atoms with van der Waals surface area (Å²) in [5.74, 6) is 0. The predicted molar refractivity (Wildman–Crippen MR) is 102 cm³/mol. The van der Waals surface area contributed by atoms with Crippen LogP contribution in [0.4, 0.5) is 0 Å². The predicted octanol–water partition coefficient (Wildman–Crippen LogP) is 3.07. The van der Waals surface area contributed by atoms with E-state index in [-0.39, 0.29) is 0 Å². The number of hydrogen-bond donors (Lipinski definition) is 1. The number of aryl methyl sites for hydroxylation is 1. The zero-order valence-electron chi connectivity index (χ0n) is 15.7. The Labute approximate surface area is 147 Å². The van der Waals surface area contributed by atoms with Gasteiger partial charge in [0.25, 0.3) is 0 Å². The lowest BCUT2D eigenvalue weighted by atomic mass is 10.1. The molecule has 0 aromatic heterocycles. The Morgan fingerprint density at radius 2 is 1.62 bits per heavy atom. The summed E-state index contributed by atoms with van der Waals surface area (Å²) in [7, 11) is 2.48. The summed E-state index contributed by atoms with van der Waals surface area (Å²) < 4.78 is 16.4. The highest BCUT2D eigenvalue weighted by molar-refractivity contribution is 6.60. The molecule has 0 aliphatic rings. The Morgan fingerprint density at radius 1 is 1.04 bits per heavy atom. The first-order chi connectivity index (χ1) is 11.6. The summed E-state index contributed by atoms with van der Waals surface area (Å²) >= 11 is 0. The van der Waals surface area contributed by atoms with Gasteiger partial charge < -0.3 is 18.6 Å². The van der Waals surface area contributed by atoms with Crippen molar-refractivity contribution >= 4 is 14.5 Å². The van der Waals surface area contributed by atoms with Crippen LogP contribution < -0.4 is 5.32 Å². The van der Waals surface area contributed by atoms with Crippen LogP contribution in [0.1, 0.15) is 31.4 Å². The minimum Gasteiger partial charge on any atom is -0.377 e. The highest BCUT2D eigenvalue weighted by atomic mass is 28.4. The van der Waals surface area contributed by atoms with E-state index < -0.39 is 8.80 Å². The highest BCUT2D eigenvalue weighted by Gasteiger charge is 2.36. The second-order valence-corrected chi connectivity index (χ2v) is 8.85. The standard InChI is InChI=1S/C18H32N2O3Si/c1-6-16(2)20-13-12-19-15-18-9-7-17(8-10-18)11-14-24(21-3,22-4)23-5/h7-10,19H,6,11-15H2,1-5H3. The van der Waals surface area contributed by atoms with Gasteiger partial charge in [0.1, 0.15) is 0 Å². The number of aliphatic imine (C=N–C) groups is 1. The van der Waals surface area contributed by atoms with E-state index in [1.165, 1.54) is 16.8 Å². The molecule has 0 heterocycles. The molecule has 24 heavy (non-hydrogen) atoms. The summed E-state index contributed by atoms with van der Waals surface area (Å²) in [6.07, 6.45) is 1.92. The van der Waals surface area contributed by atoms with E-state index in [2.05, 4.69) is 48.4 Å². The Bertz CT molecular complexity index is 479. The average molecular weight is 353 g/mol. The maximum atomic E-state index is 5.46. The van der Waals surface area contributed by atoms with E-state index in [0.29, 0.717) is 0 Å². The van der Waals surface area contributed by atoms with Crippen molar-refractivity contribution < 1.29 is 13.3 Å². The van der Waals surface area contributed by atoms with Gasteiger partial charge in [-0.3, -0.25) is 4.99 Å².